The predicted octanol–water partition coefficient (Wildman–Crippen LogP) is 0.574. The molecule has 0 saturated heterocycles. The van der Waals surface area contributed by atoms with E-state index in [9.17, 15) is 4.79 Å². The monoisotopic (exact) mass is 272 g/mol. The van der Waals surface area contributed by atoms with E-state index in [4.69, 9.17) is 11.3 Å². The number of rotatable bonds is 1. The van der Waals surface area contributed by atoms with E-state index in [1.165, 1.54) is 11.3 Å². The number of amidine groups is 1. The molecule has 0 saturated carbocycles. The molecule has 0 spiro atoms. The van der Waals surface area contributed by atoms with Gasteiger partial charge in [-0.2, -0.15) is 0 Å². The minimum atomic E-state index is -0.111. The Hall–Kier alpha value is -2.54. The van der Waals surface area contributed by atoms with Crippen LogP contribution in [0.25, 0.3) is 21.0 Å². The van der Waals surface area contributed by atoms with E-state index in [2.05, 4.69) is 15.3 Å². The van der Waals surface area contributed by atoms with Gasteiger partial charge in [0.1, 0.15) is 0 Å². The number of hydrogen-bond donors (Lipinski definition) is 3. The lowest BCUT2D eigenvalue weighted by atomic mass is 10.1. The molecule has 6 nitrogen and oxygen atoms in total. The average molecular weight is 272 g/mol. The maximum Gasteiger partial charge on any atom is 0.350 e. The Morgan fingerprint density at radius 1 is 1.32 bits per heavy atom. The summed E-state index contributed by atoms with van der Waals surface area (Å²) in [6.07, 6.45) is 0. The molecular weight excluding hydrogens is 262 g/mol. The first-order valence-corrected chi connectivity index (χ1v) is 6.35. The van der Waals surface area contributed by atoms with Gasteiger partial charge in [-0.1, -0.05) is 6.07 Å². The van der Waals surface area contributed by atoms with Gasteiger partial charge < -0.3 is 4.98 Å². The third-order valence-electron chi connectivity index (χ3n) is 2.88. The fourth-order valence-corrected chi connectivity index (χ4v) is 2.94. The number of hydrogen-bond acceptors (Lipinski definition) is 3. The fourth-order valence-electron chi connectivity index (χ4n) is 2.01. The highest BCUT2D eigenvalue weighted by atomic mass is 32.1. The minimum Gasteiger partial charge on any atom is -0.321 e. The first-order chi connectivity index (χ1) is 9.20. The normalized spacial score (nSPS) is 11.6. The standard InChI is InChI=1S/C12H9N5OS/c13-11(16-17-14)6-1-2-7-9(5-6)15-12(18)8-3-4-19-10(7)8/h1-5H,(H,15,18)(H3,13,14,16)/p+1. The molecule has 0 fully saturated rings. The molecule has 0 unspecified atom stereocenters. The van der Waals surface area contributed by atoms with E-state index >= 15 is 0 Å². The second kappa shape index (κ2) is 4.29. The number of aromatic nitrogens is 1. The van der Waals surface area contributed by atoms with Gasteiger partial charge in [-0.05, 0) is 23.6 Å². The molecule has 2 aromatic heterocycles. The van der Waals surface area contributed by atoms with Gasteiger partial charge in [-0.3, -0.25) is 16.0 Å². The lowest BCUT2D eigenvalue weighted by molar-refractivity contribution is -0.114. The van der Waals surface area contributed by atoms with Crippen LogP contribution in [-0.2, 0) is 0 Å². The lowest BCUT2D eigenvalue weighted by Gasteiger charge is -2.00. The Morgan fingerprint density at radius 3 is 2.95 bits per heavy atom. The molecule has 0 radical (unpaired) electrons. The van der Waals surface area contributed by atoms with Crippen LogP contribution in [0.4, 0.5) is 0 Å². The van der Waals surface area contributed by atoms with E-state index in [0.717, 1.165) is 10.1 Å². The van der Waals surface area contributed by atoms with E-state index in [0.29, 0.717) is 16.5 Å². The van der Waals surface area contributed by atoms with Crippen molar-refractivity contribution >= 4 is 38.2 Å². The Bertz CT molecular complexity index is 877. The number of nitrogens with two attached hydrogens (primary N) is 2. The van der Waals surface area contributed by atoms with Gasteiger partial charge in [0.25, 0.3) is 5.56 Å². The Kier molecular flexibility index (Phi) is 2.60. The second-order valence-corrected chi connectivity index (χ2v) is 4.89. The van der Waals surface area contributed by atoms with Crippen LogP contribution in [0.3, 0.4) is 0 Å². The second-order valence-electron chi connectivity index (χ2n) is 3.98. The molecule has 0 aliphatic carbocycles. The Morgan fingerprint density at radius 2 is 2.16 bits per heavy atom. The molecule has 3 aromatic rings. The van der Waals surface area contributed by atoms with Crippen molar-refractivity contribution in [1.82, 2.24) is 4.98 Å². The molecule has 1 aromatic carbocycles. The number of aromatic amines is 1. The highest BCUT2D eigenvalue weighted by molar-refractivity contribution is 7.18. The number of pyridine rings is 1. The van der Waals surface area contributed by atoms with E-state index in [1.54, 1.807) is 6.07 Å². The Balaban J connectivity index is 2.32. The molecule has 0 amide bonds. The van der Waals surface area contributed by atoms with Crippen LogP contribution in [0.2, 0.25) is 0 Å². The summed E-state index contributed by atoms with van der Waals surface area (Å²) in [4.78, 5) is 14.7. The number of nitrogens with one attached hydrogen (secondary N) is 1. The third kappa shape index (κ3) is 1.80. The molecule has 7 heteroatoms. The molecule has 5 N–H and O–H groups in total. The summed E-state index contributed by atoms with van der Waals surface area (Å²) in [6.45, 7) is 0. The minimum absolute atomic E-state index is 0.111. The molecule has 0 aliphatic heterocycles. The zero-order valence-corrected chi connectivity index (χ0v) is 10.6. The molecule has 0 atom stereocenters. The van der Waals surface area contributed by atoms with Crippen LogP contribution in [0, 0.1) is 0 Å². The lowest BCUT2D eigenvalue weighted by Crippen LogP contribution is -2.38. The van der Waals surface area contributed by atoms with Gasteiger partial charge in [0.05, 0.1) is 21.6 Å². The molecule has 0 aliphatic rings. The van der Waals surface area contributed by atoms with Crippen molar-refractivity contribution in [3.05, 3.63) is 45.6 Å². The van der Waals surface area contributed by atoms with E-state index in [1.807, 2.05) is 23.6 Å². The van der Waals surface area contributed by atoms with Gasteiger partial charge in [-0.15, -0.1) is 11.3 Å². The van der Waals surface area contributed by atoms with Crippen LogP contribution in [0.5, 0.6) is 0 Å². The Labute approximate surface area is 111 Å². The van der Waals surface area contributed by atoms with E-state index < -0.39 is 0 Å². The number of nitrogens with zero attached hydrogens (tertiary/aromatic N) is 2. The summed E-state index contributed by atoms with van der Waals surface area (Å²) in [5, 5.41) is 16.0. The van der Waals surface area contributed by atoms with Gasteiger partial charge in [0.2, 0.25) is 0 Å². The van der Waals surface area contributed by atoms with Gasteiger partial charge in [0.15, 0.2) is 0 Å². The summed E-state index contributed by atoms with van der Waals surface area (Å²) in [5.41, 5.74) is 1.26. The molecule has 94 valence electrons. The molecule has 3 rings (SSSR count). The van der Waals surface area contributed by atoms with Gasteiger partial charge in [-0.25, -0.2) is 0 Å². The quantitative estimate of drug-likeness (QED) is 0.198. The SMILES string of the molecule is NN=NC(=[NH2+])c1ccc2c(c1)[nH]c(=O)c1ccsc12. The summed E-state index contributed by atoms with van der Waals surface area (Å²) >= 11 is 1.54. The maximum atomic E-state index is 11.9. The summed E-state index contributed by atoms with van der Waals surface area (Å²) in [7, 11) is 0. The van der Waals surface area contributed by atoms with Crippen molar-refractivity contribution < 1.29 is 5.41 Å². The van der Waals surface area contributed by atoms with Crippen molar-refractivity contribution in [2.24, 2.45) is 16.2 Å². The highest BCUT2D eigenvalue weighted by Crippen LogP contribution is 2.26. The van der Waals surface area contributed by atoms with Crippen LogP contribution in [-0.4, -0.2) is 10.8 Å². The summed E-state index contributed by atoms with van der Waals surface area (Å²) in [5.74, 6) is 5.17. The van der Waals surface area contributed by atoms with E-state index in [-0.39, 0.29) is 11.4 Å². The zero-order valence-electron chi connectivity index (χ0n) is 9.75. The number of fused-ring (bicyclic) bond motifs is 3. The molecular formula is C12H10N5OS+. The summed E-state index contributed by atoms with van der Waals surface area (Å²) < 4.78 is 0.962. The molecule has 19 heavy (non-hydrogen) atoms. The highest BCUT2D eigenvalue weighted by Gasteiger charge is 2.12. The third-order valence-corrected chi connectivity index (χ3v) is 3.83. The van der Waals surface area contributed by atoms with Crippen molar-refractivity contribution in [2.45, 2.75) is 0 Å². The van der Waals surface area contributed by atoms with Crippen LogP contribution in [0.15, 0.2) is 44.8 Å². The van der Waals surface area contributed by atoms with Crippen molar-refractivity contribution in [3.8, 4) is 0 Å². The topological polar surface area (TPSA) is 109 Å². The zero-order chi connectivity index (χ0) is 13.4. The predicted molar refractivity (Wildman–Crippen MR) is 75.0 cm³/mol. The van der Waals surface area contributed by atoms with Crippen molar-refractivity contribution in [2.75, 3.05) is 0 Å². The fraction of sp³-hybridized carbons (Fsp3) is 0. The molecule has 0 bridgehead atoms. The first-order valence-electron chi connectivity index (χ1n) is 5.47. The largest absolute Gasteiger partial charge is 0.350 e. The number of H-pyrrole nitrogens is 1. The van der Waals surface area contributed by atoms with Crippen LogP contribution in [0.1, 0.15) is 5.56 Å². The summed E-state index contributed by atoms with van der Waals surface area (Å²) in [6, 6.07) is 7.30. The van der Waals surface area contributed by atoms with Crippen LogP contribution >= 0.6 is 11.3 Å². The van der Waals surface area contributed by atoms with Crippen LogP contribution < -0.4 is 16.8 Å². The average Bonchev–Trinajstić information content (AvgIpc) is 2.88. The van der Waals surface area contributed by atoms with Gasteiger partial charge in [0, 0.05) is 15.3 Å². The maximum absolute atomic E-state index is 11.9. The molecule has 2 heterocycles. The number of benzene rings is 1. The van der Waals surface area contributed by atoms with Crippen molar-refractivity contribution in [3.63, 3.8) is 0 Å². The van der Waals surface area contributed by atoms with Gasteiger partial charge >= 0.3 is 5.84 Å². The van der Waals surface area contributed by atoms with Crippen molar-refractivity contribution in [1.29, 1.82) is 0 Å². The smallest absolute Gasteiger partial charge is 0.321 e. The number of thiophene rings is 1. The first kappa shape index (κ1) is 11.5.